The highest BCUT2D eigenvalue weighted by atomic mass is 16.7. The maximum atomic E-state index is 5.46. The van der Waals surface area contributed by atoms with E-state index < -0.39 is 0 Å². The number of morpholine rings is 1. The number of benzene rings is 2. The number of hydrogen-bond acceptors (Lipinski definition) is 4. The predicted octanol–water partition coefficient (Wildman–Crippen LogP) is 3.48. The molecule has 1 atom stereocenters. The summed E-state index contributed by atoms with van der Waals surface area (Å²) in [6, 6.07) is 15.3. The standard InChI is InChI=1S/C19H21NO3/c1-14(20-8-10-21-11-9-20)15-2-4-16(5-3-15)17-6-7-18-19(12-17)23-13-22-18/h2-7,12,14H,8-11,13H2,1H3/t14-/m1/s1. The molecular weight excluding hydrogens is 290 g/mol. The third-order valence-electron chi connectivity index (χ3n) is 4.69. The molecule has 0 radical (unpaired) electrons. The van der Waals surface area contributed by atoms with Crippen LogP contribution >= 0.6 is 0 Å². The Bertz CT molecular complexity index is 678. The number of hydrogen-bond donors (Lipinski definition) is 0. The molecule has 2 aromatic carbocycles. The number of rotatable bonds is 3. The third kappa shape index (κ3) is 2.92. The zero-order chi connectivity index (χ0) is 15.6. The molecule has 4 rings (SSSR count). The molecule has 23 heavy (non-hydrogen) atoms. The van der Waals surface area contributed by atoms with Crippen LogP contribution in [0.4, 0.5) is 0 Å². The van der Waals surface area contributed by atoms with E-state index in [2.05, 4.69) is 42.2 Å². The lowest BCUT2D eigenvalue weighted by Crippen LogP contribution is -2.37. The second-order valence-corrected chi connectivity index (χ2v) is 6.01. The van der Waals surface area contributed by atoms with Gasteiger partial charge in [0.05, 0.1) is 13.2 Å². The Morgan fingerprint density at radius 1 is 0.870 bits per heavy atom. The quantitative estimate of drug-likeness (QED) is 0.868. The van der Waals surface area contributed by atoms with E-state index in [1.54, 1.807) is 0 Å². The van der Waals surface area contributed by atoms with Crippen LogP contribution in [-0.4, -0.2) is 38.0 Å². The van der Waals surface area contributed by atoms with Gasteiger partial charge in [0.2, 0.25) is 6.79 Å². The molecule has 2 aliphatic rings. The first-order valence-electron chi connectivity index (χ1n) is 8.13. The minimum absolute atomic E-state index is 0.314. The van der Waals surface area contributed by atoms with E-state index in [9.17, 15) is 0 Å². The molecule has 2 aromatic rings. The van der Waals surface area contributed by atoms with Crippen molar-refractivity contribution in [2.75, 3.05) is 33.1 Å². The highest BCUT2D eigenvalue weighted by Crippen LogP contribution is 2.36. The van der Waals surface area contributed by atoms with Crippen molar-refractivity contribution in [3.05, 3.63) is 48.0 Å². The fourth-order valence-electron chi connectivity index (χ4n) is 3.21. The van der Waals surface area contributed by atoms with E-state index >= 15 is 0 Å². The molecule has 2 heterocycles. The Morgan fingerprint density at radius 3 is 2.35 bits per heavy atom. The van der Waals surface area contributed by atoms with Gasteiger partial charge in [-0.25, -0.2) is 0 Å². The van der Waals surface area contributed by atoms with Gasteiger partial charge in [-0.3, -0.25) is 4.90 Å². The van der Waals surface area contributed by atoms with Gasteiger partial charge in [-0.15, -0.1) is 0 Å². The van der Waals surface area contributed by atoms with Crippen LogP contribution in [0.5, 0.6) is 11.5 Å². The molecule has 4 heteroatoms. The van der Waals surface area contributed by atoms with E-state index in [1.807, 2.05) is 12.1 Å². The Hall–Kier alpha value is -2.04. The molecule has 0 aromatic heterocycles. The van der Waals surface area contributed by atoms with Gasteiger partial charge in [-0.1, -0.05) is 30.3 Å². The van der Waals surface area contributed by atoms with E-state index in [0.29, 0.717) is 12.8 Å². The molecular formula is C19H21NO3. The first-order chi connectivity index (χ1) is 11.3. The van der Waals surface area contributed by atoms with Gasteiger partial charge in [-0.05, 0) is 35.7 Å². The van der Waals surface area contributed by atoms with Crippen LogP contribution in [0.15, 0.2) is 42.5 Å². The molecule has 1 fully saturated rings. The molecule has 0 bridgehead atoms. The van der Waals surface area contributed by atoms with Crippen LogP contribution in [0.25, 0.3) is 11.1 Å². The van der Waals surface area contributed by atoms with Crippen molar-refractivity contribution in [2.24, 2.45) is 0 Å². The summed E-state index contributed by atoms with van der Waals surface area (Å²) in [6.07, 6.45) is 0. The van der Waals surface area contributed by atoms with Crippen molar-refractivity contribution >= 4 is 0 Å². The van der Waals surface area contributed by atoms with Gasteiger partial charge >= 0.3 is 0 Å². The zero-order valence-corrected chi connectivity index (χ0v) is 13.3. The number of fused-ring (bicyclic) bond motifs is 1. The summed E-state index contributed by atoms with van der Waals surface area (Å²) in [6.45, 7) is 6.26. The molecule has 0 spiro atoms. The fourth-order valence-corrected chi connectivity index (χ4v) is 3.21. The SMILES string of the molecule is C[C@H](c1ccc(-c2ccc3c(c2)OCO3)cc1)N1CCOCC1. The van der Waals surface area contributed by atoms with Crippen LogP contribution in [0.1, 0.15) is 18.5 Å². The first-order valence-corrected chi connectivity index (χ1v) is 8.13. The lowest BCUT2D eigenvalue weighted by molar-refractivity contribution is 0.0198. The number of ether oxygens (including phenoxy) is 3. The van der Waals surface area contributed by atoms with E-state index in [4.69, 9.17) is 14.2 Å². The van der Waals surface area contributed by atoms with E-state index in [0.717, 1.165) is 43.4 Å². The first kappa shape index (κ1) is 14.5. The zero-order valence-electron chi connectivity index (χ0n) is 13.3. The average Bonchev–Trinajstić information content (AvgIpc) is 3.10. The monoisotopic (exact) mass is 311 g/mol. The molecule has 0 unspecified atom stereocenters. The Kier molecular flexibility index (Phi) is 3.93. The second-order valence-electron chi connectivity index (χ2n) is 6.01. The van der Waals surface area contributed by atoms with Crippen molar-refractivity contribution in [3.63, 3.8) is 0 Å². The summed E-state index contributed by atoms with van der Waals surface area (Å²) < 4.78 is 16.3. The molecule has 0 amide bonds. The van der Waals surface area contributed by atoms with Crippen LogP contribution in [0.3, 0.4) is 0 Å². The van der Waals surface area contributed by atoms with Gasteiger partial charge < -0.3 is 14.2 Å². The van der Waals surface area contributed by atoms with Crippen molar-refractivity contribution < 1.29 is 14.2 Å². The highest BCUT2D eigenvalue weighted by Gasteiger charge is 2.18. The molecule has 0 saturated carbocycles. The molecule has 120 valence electrons. The molecule has 4 nitrogen and oxygen atoms in total. The van der Waals surface area contributed by atoms with Gasteiger partial charge in [0.1, 0.15) is 0 Å². The third-order valence-corrected chi connectivity index (χ3v) is 4.69. The molecule has 0 aliphatic carbocycles. The lowest BCUT2D eigenvalue weighted by Gasteiger charge is -2.32. The summed E-state index contributed by atoms with van der Waals surface area (Å²) in [5, 5.41) is 0. The molecule has 1 saturated heterocycles. The predicted molar refractivity (Wildman–Crippen MR) is 88.8 cm³/mol. The van der Waals surface area contributed by atoms with Crippen LogP contribution in [0, 0.1) is 0 Å². The Balaban J connectivity index is 1.53. The Labute approximate surface area is 136 Å². The minimum Gasteiger partial charge on any atom is -0.454 e. The summed E-state index contributed by atoms with van der Waals surface area (Å²) >= 11 is 0. The second kappa shape index (κ2) is 6.22. The smallest absolute Gasteiger partial charge is 0.231 e. The van der Waals surface area contributed by atoms with Crippen LogP contribution in [0.2, 0.25) is 0 Å². The van der Waals surface area contributed by atoms with E-state index in [1.165, 1.54) is 11.1 Å². The summed E-state index contributed by atoms with van der Waals surface area (Å²) in [7, 11) is 0. The van der Waals surface area contributed by atoms with Gasteiger partial charge in [0.25, 0.3) is 0 Å². The molecule has 2 aliphatic heterocycles. The fraction of sp³-hybridized carbons (Fsp3) is 0.368. The lowest BCUT2D eigenvalue weighted by atomic mass is 10.00. The van der Waals surface area contributed by atoms with Crippen molar-refractivity contribution in [1.82, 2.24) is 4.90 Å². The minimum atomic E-state index is 0.314. The van der Waals surface area contributed by atoms with Crippen LogP contribution in [-0.2, 0) is 4.74 Å². The highest BCUT2D eigenvalue weighted by molar-refractivity contribution is 5.67. The average molecular weight is 311 g/mol. The largest absolute Gasteiger partial charge is 0.454 e. The summed E-state index contributed by atoms with van der Waals surface area (Å²) in [5.74, 6) is 1.65. The van der Waals surface area contributed by atoms with Crippen molar-refractivity contribution in [3.8, 4) is 22.6 Å². The maximum Gasteiger partial charge on any atom is 0.231 e. The van der Waals surface area contributed by atoms with Gasteiger partial charge in [0, 0.05) is 19.1 Å². The van der Waals surface area contributed by atoms with E-state index in [-0.39, 0.29) is 0 Å². The van der Waals surface area contributed by atoms with Crippen LogP contribution < -0.4 is 9.47 Å². The topological polar surface area (TPSA) is 30.9 Å². The van der Waals surface area contributed by atoms with Crippen molar-refractivity contribution in [1.29, 1.82) is 0 Å². The number of nitrogens with zero attached hydrogens (tertiary/aromatic N) is 1. The van der Waals surface area contributed by atoms with Gasteiger partial charge in [0.15, 0.2) is 11.5 Å². The normalized spacial score (nSPS) is 18.8. The van der Waals surface area contributed by atoms with Crippen molar-refractivity contribution in [2.45, 2.75) is 13.0 Å². The molecule has 0 N–H and O–H groups in total. The maximum absolute atomic E-state index is 5.46. The Morgan fingerprint density at radius 2 is 1.57 bits per heavy atom. The summed E-state index contributed by atoms with van der Waals surface area (Å²) in [4.78, 5) is 2.47. The summed E-state index contributed by atoms with van der Waals surface area (Å²) in [5.41, 5.74) is 3.69. The van der Waals surface area contributed by atoms with Gasteiger partial charge in [-0.2, -0.15) is 0 Å².